The van der Waals surface area contributed by atoms with Gasteiger partial charge in [0, 0.05) is 29.3 Å². The zero-order chi connectivity index (χ0) is 37.6. The molecule has 2 aromatic carbocycles. The maximum Gasteiger partial charge on any atom is 0.335 e. The predicted octanol–water partition coefficient (Wildman–Crippen LogP) is 8.08. The number of aliphatic hydroxyl groups is 2. The van der Waals surface area contributed by atoms with Crippen molar-refractivity contribution in [1.82, 2.24) is 4.90 Å². The summed E-state index contributed by atoms with van der Waals surface area (Å²) in [6.45, 7) is 4.48. The molecule has 4 unspecified atom stereocenters. The number of carboxylic acids is 3. The van der Waals surface area contributed by atoms with Gasteiger partial charge in [0.15, 0.2) is 12.2 Å². The van der Waals surface area contributed by atoms with Gasteiger partial charge in [-0.05, 0) is 75.9 Å². The highest BCUT2D eigenvalue weighted by atomic mass is 32.2. The third-order valence-corrected chi connectivity index (χ3v) is 9.97. The van der Waals surface area contributed by atoms with E-state index >= 15 is 0 Å². The number of allylic oxidation sites excluding steroid dienone is 2. The number of rotatable bonds is 20. The van der Waals surface area contributed by atoms with E-state index in [1.807, 2.05) is 11.8 Å². The van der Waals surface area contributed by atoms with Crippen LogP contribution in [-0.2, 0) is 14.4 Å². The van der Waals surface area contributed by atoms with Crippen LogP contribution in [0, 0.1) is 11.8 Å². The number of carboxylic acid groups (broad SMARTS) is 3. The number of fused-ring (bicyclic) bond motifs is 2. The van der Waals surface area contributed by atoms with Crippen LogP contribution in [0.25, 0.3) is 0 Å². The Balaban J connectivity index is 0.000000283. The molecule has 4 atom stereocenters. The Hall–Kier alpha value is -3.38. The number of hydrogen-bond acceptors (Lipinski definition) is 8. The van der Waals surface area contributed by atoms with Crippen LogP contribution in [0.3, 0.4) is 0 Å². The Morgan fingerprint density at radius 3 is 1.67 bits per heavy atom. The van der Waals surface area contributed by atoms with E-state index in [1.54, 1.807) is 0 Å². The molecule has 1 aliphatic carbocycles. The van der Waals surface area contributed by atoms with Gasteiger partial charge in [-0.25, -0.2) is 9.59 Å². The minimum Gasteiger partial charge on any atom is -0.481 e. The van der Waals surface area contributed by atoms with Crippen molar-refractivity contribution in [2.75, 3.05) is 32.1 Å². The summed E-state index contributed by atoms with van der Waals surface area (Å²) in [5.41, 5.74) is 2.68. The summed E-state index contributed by atoms with van der Waals surface area (Å²) >= 11 is 1.88. The molecule has 51 heavy (non-hydrogen) atoms. The maximum atomic E-state index is 10.3. The van der Waals surface area contributed by atoms with Crippen molar-refractivity contribution >= 4 is 41.0 Å². The van der Waals surface area contributed by atoms with Gasteiger partial charge in [0.2, 0.25) is 0 Å². The lowest BCUT2D eigenvalue weighted by Gasteiger charge is -2.35. The number of aliphatic carboxylic acids is 3. The van der Waals surface area contributed by atoms with Crippen molar-refractivity contribution in [3.05, 3.63) is 60.7 Å². The zero-order valence-electron chi connectivity index (χ0n) is 30.7. The van der Waals surface area contributed by atoms with E-state index in [4.69, 9.17) is 25.5 Å². The second kappa shape index (κ2) is 24.7. The average molecular weight is 729 g/mol. The topological polar surface area (TPSA) is 159 Å². The Bertz CT molecular complexity index is 1290. The van der Waals surface area contributed by atoms with Crippen molar-refractivity contribution in [3.8, 4) is 0 Å². The Morgan fingerprint density at radius 2 is 1.24 bits per heavy atom. The standard InChI is InChI=1S/C18H22N2S.C18H32O2.C4H6O6/c1-14(12-19(2)3)13-20-15-8-4-6-10-17(15)21-18-11-7-5-9-16(18)20;19-18(20)16-10-8-6-4-2-1-3-5-7-9-13-17-14-11-12-15-17;5-1(3(7)8)2(6)4(9)10/h4-11,14H,12-13H2,1-3H3;11,14,17H,1-10,12-13,15-16H2,(H,19,20);1-2,5-6H,(H,7,8)(H,9,10). The van der Waals surface area contributed by atoms with E-state index in [-0.39, 0.29) is 0 Å². The fourth-order valence-corrected chi connectivity index (χ4v) is 7.37. The van der Waals surface area contributed by atoms with Gasteiger partial charge in [0.25, 0.3) is 0 Å². The van der Waals surface area contributed by atoms with Gasteiger partial charge in [-0.1, -0.05) is 113 Å². The number of nitrogens with zero attached hydrogens (tertiary/aromatic N) is 2. The highest BCUT2D eigenvalue weighted by Crippen LogP contribution is 2.48. The normalized spacial score (nSPS) is 16.1. The summed E-state index contributed by atoms with van der Waals surface area (Å²) in [7, 11) is 4.29. The number of anilines is 2. The molecule has 2 aliphatic rings. The zero-order valence-corrected chi connectivity index (χ0v) is 31.5. The third kappa shape index (κ3) is 17.6. The molecule has 4 rings (SSSR count). The average Bonchev–Trinajstić information content (AvgIpc) is 3.61. The molecule has 284 valence electrons. The molecule has 0 spiro atoms. The molecule has 2 aromatic rings. The van der Waals surface area contributed by atoms with Crippen molar-refractivity contribution in [3.63, 3.8) is 0 Å². The number of aliphatic hydroxyl groups excluding tert-OH is 2. The summed E-state index contributed by atoms with van der Waals surface area (Å²) in [5.74, 6) is -2.69. The fourth-order valence-electron chi connectivity index (χ4n) is 6.27. The number of hydrogen-bond donors (Lipinski definition) is 5. The van der Waals surface area contributed by atoms with E-state index < -0.39 is 30.1 Å². The number of unbranched alkanes of at least 4 members (excludes halogenated alkanes) is 9. The molecule has 0 fully saturated rings. The van der Waals surface area contributed by atoms with Gasteiger partial charge < -0.3 is 35.3 Å². The molecule has 0 bridgehead atoms. The van der Waals surface area contributed by atoms with Crippen LogP contribution >= 0.6 is 11.8 Å². The predicted molar refractivity (Wildman–Crippen MR) is 204 cm³/mol. The maximum absolute atomic E-state index is 10.3. The van der Waals surface area contributed by atoms with Crippen LogP contribution in [0.2, 0.25) is 0 Å². The van der Waals surface area contributed by atoms with Crippen LogP contribution in [0.15, 0.2) is 70.5 Å². The summed E-state index contributed by atoms with van der Waals surface area (Å²) in [6, 6.07) is 17.4. The lowest BCUT2D eigenvalue weighted by atomic mass is 9.99. The first-order chi connectivity index (χ1) is 24.4. The van der Waals surface area contributed by atoms with E-state index in [1.165, 1.54) is 91.8 Å². The van der Waals surface area contributed by atoms with Crippen molar-refractivity contribution < 1.29 is 39.9 Å². The van der Waals surface area contributed by atoms with Gasteiger partial charge in [0.05, 0.1) is 11.4 Å². The van der Waals surface area contributed by atoms with Crippen LogP contribution in [0.1, 0.15) is 96.8 Å². The van der Waals surface area contributed by atoms with Crippen molar-refractivity contribution in [2.24, 2.45) is 11.8 Å². The quantitative estimate of drug-likeness (QED) is 0.0663. The molecule has 0 saturated carbocycles. The van der Waals surface area contributed by atoms with E-state index in [0.717, 1.165) is 31.8 Å². The molecule has 5 N–H and O–H groups in total. The van der Waals surface area contributed by atoms with Crippen LogP contribution < -0.4 is 4.90 Å². The van der Waals surface area contributed by atoms with E-state index in [0.29, 0.717) is 12.3 Å². The third-order valence-electron chi connectivity index (χ3n) is 8.84. The summed E-state index contributed by atoms with van der Waals surface area (Å²) in [4.78, 5) is 37.3. The number of carbonyl (C=O) groups is 3. The molecule has 10 nitrogen and oxygen atoms in total. The lowest BCUT2D eigenvalue weighted by Crippen LogP contribution is -2.39. The first-order valence-corrected chi connectivity index (χ1v) is 19.2. The molecule has 0 radical (unpaired) electrons. The van der Waals surface area contributed by atoms with Gasteiger partial charge in [-0.3, -0.25) is 4.79 Å². The molecule has 11 heteroatoms. The minimum absolute atomic E-state index is 0.343. The van der Waals surface area contributed by atoms with Gasteiger partial charge >= 0.3 is 17.9 Å². The monoisotopic (exact) mass is 728 g/mol. The number of para-hydroxylation sites is 2. The summed E-state index contributed by atoms with van der Waals surface area (Å²) in [5, 5.41) is 41.0. The summed E-state index contributed by atoms with van der Waals surface area (Å²) < 4.78 is 0. The molecule has 0 aromatic heterocycles. The van der Waals surface area contributed by atoms with Crippen LogP contribution in [-0.4, -0.2) is 87.7 Å². The highest BCUT2D eigenvalue weighted by Gasteiger charge is 2.29. The number of benzene rings is 2. The van der Waals surface area contributed by atoms with Crippen molar-refractivity contribution in [2.45, 2.75) is 119 Å². The van der Waals surface area contributed by atoms with Crippen LogP contribution in [0.5, 0.6) is 0 Å². The molecule has 0 amide bonds. The Labute approximate surface area is 308 Å². The van der Waals surface area contributed by atoms with E-state index in [2.05, 4.69) is 91.5 Å². The Kier molecular flexibility index (Phi) is 21.2. The minimum atomic E-state index is -2.27. The SMILES string of the molecule is CC(CN(C)C)CN1c2ccccc2Sc2ccccc21.O=C(O)C(O)C(O)C(=O)O.O=C(O)CCCCCCCCCCCCC1C=CCC1. The summed E-state index contributed by atoms with van der Waals surface area (Å²) in [6.07, 6.45) is 17.4. The van der Waals surface area contributed by atoms with Gasteiger partial charge in [-0.15, -0.1) is 0 Å². The smallest absolute Gasteiger partial charge is 0.335 e. The Morgan fingerprint density at radius 1 is 0.765 bits per heavy atom. The molecule has 0 saturated heterocycles. The first kappa shape index (κ1) is 43.8. The molecular weight excluding hydrogens is 669 g/mol. The van der Waals surface area contributed by atoms with Gasteiger partial charge in [0.1, 0.15) is 0 Å². The van der Waals surface area contributed by atoms with Gasteiger partial charge in [-0.2, -0.15) is 0 Å². The lowest BCUT2D eigenvalue weighted by molar-refractivity contribution is -0.165. The fraction of sp³-hybridized carbons (Fsp3) is 0.575. The van der Waals surface area contributed by atoms with Crippen LogP contribution in [0.4, 0.5) is 11.4 Å². The molecular formula is C40H60N2O8S. The first-order valence-electron chi connectivity index (χ1n) is 18.4. The van der Waals surface area contributed by atoms with Crippen molar-refractivity contribution in [1.29, 1.82) is 0 Å². The van der Waals surface area contributed by atoms with E-state index in [9.17, 15) is 14.4 Å². The largest absolute Gasteiger partial charge is 0.481 e. The highest BCUT2D eigenvalue weighted by molar-refractivity contribution is 7.99. The molecule has 1 aliphatic heterocycles. The molecule has 1 heterocycles. The second-order valence-corrected chi connectivity index (χ2v) is 14.9. The second-order valence-electron chi connectivity index (χ2n) is 13.8.